The number of rotatable bonds is 4. The summed E-state index contributed by atoms with van der Waals surface area (Å²) in [5, 5.41) is 8.13. The molecular weight excluding hydrogens is 651 g/mol. The summed E-state index contributed by atoms with van der Waals surface area (Å²) in [7, 11) is 0. The van der Waals surface area contributed by atoms with Gasteiger partial charge in [-0.2, -0.15) is 0 Å². The van der Waals surface area contributed by atoms with E-state index in [9.17, 15) is 0 Å². The number of benzene rings is 8. The van der Waals surface area contributed by atoms with Crippen molar-refractivity contribution in [3.8, 4) is 39.5 Å². The molecule has 0 radical (unpaired) electrons. The molecule has 0 aliphatic carbocycles. The van der Waals surface area contributed by atoms with Gasteiger partial charge in [-0.3, -0.25) is 4.57 Å². The molecule has 0 bridgehead atoms. The van der Waals surface area contributed by atoms with Crippen LogP contribution in [0.5, 0.6) is 0 Å². The van der Waals surface area contributed by atoms with Gasteiger partial charge >= 0.3 is 0 Å². The number of fused-ring (bicyclic) bond motifs is 10. The number of nitrogens with zero attached hydrogens (tertiary/aromatic N) is 3. The van der Waals surface area contributed by atoms with Crippen LogP contribution < -0.4 is 0 Å². The van der Waals surface area contributed by atoms with E-state index in [2.05, 4.69) is 108 Å². The smallest absolute Gasteiger partial charge is 0.235 e. The van der Waals surface area contributed by atoms with Crippen LogP contribution in [0.2, 0.25) is 0 Å². The highest BCUT2D eigenvalue weighted by Gasteiger charge is 2.21. The Morgan fingerprint density at radius 1 is 0.481 bits per heavy atom. The van der Waals surface area contributed by atoms with Crippen molar-refractivity contribution in [2.75, 3.05) is 0 Å². The van der Waals surface area contributed by atoms with Gasteiger partial charge in [-0.15, -0.1) is 11.3 Å². The average Bonchev–Trinajstić information content (AvgIpc) is 3.81. The summed E-state index contributed by atoms with van der Waals surface area (Å²) in [5.74, 6) is 0.604. The molecule has 0 aliphatic rings. The van der Waals surface area contributed by atoms with Crippen LogP contribution in [0.25, 0.3) is 103 Å². The predicted molar refractivity (Wildman–Crippen MR) is 221 cm³/mol. The van der Waals surface area contributed by atoms with E-state index in [0.29, 0.717) is 11.5 Å². The van der Waals surface area contributed by atoms with E-state index in [1.54, 1.807) is 0 Å². The van der Waals surface area contributed by atoms with Gasteiger partial charge in [0.1, 0.15) is 0 Å². The molecule has 0 fully saturated rings. The molecule has 3 heterocycles. The van der Waals surface area contributed by atoms with E-state index in [-0.39, 0.29) is 29.7 Å². The minimum absolute atomic E-state index is 0.193. The Morgan fingerprint density at radius 3 is 1.87 bits per heavy atom. The zero-order chi connectivity index (χ0) is 38.5. The average molecular weight is 685 g/mol. The van der Waals surface area contributed by atoms with Gasteiger partial charge in [-0.05, 0) is 45.8 Å². The fraction of sp³-hybridized carbons (Fsp3) is 0. The van der Waals surface area contributed by atoms with Crippen molar-refractivity contribution >= 4 is 75.0 Å². The largest absolute Gasteiger partial charge is 0.277 e. The molecule has 8 aromatic carbocycles. The molecule has 0 saturated heterocycles. The quantitative estimate of drug-likeness (QED) is 0.185. The van der Waals surface area contributed by atoms with E-state index in [4.69, 9.17) is 16.8 Å². The number of aromatic nitrogens is 3. The molecule has 3 nitrogen and oxygen atoms in total. The van der Waals surface area contributed by atoms with Gasteiger partial charge in [0.2, 0.25) is 5.95 Å². The monoisotopic (exact) mass is 684 g/mol. The van der Waals surface area contributed by atoms with Crippen molar-refractivity contribution in [2.24, 2.45) is 0 Å². The van der Waals surface area contributed by atoms with Crippen LogP contribution in [0.1, 0.15) is 6.85 Å². The summed E-state index contributed by atoms with van der Waals surface area (Å²) >= 11 is 1.83. The lowest BCUT2D eigenvalue weighted by Crippen LogP contribution is -2.03. The fourth-order valence-corrected chi connectivity index (χ4v) is 8.94. The molecule has 3 aromatic heterocycles. The normalized spacial score (nSPS) is 13.2. The second-order valence-electron chi connectivity index (χ2n) is 13.0. The highest BCUT2D eigenvalue weighted by Crippen LogP contribution is 2.44. The van der Waals surface area contributed by atoms with Gasteiger partial charge in [0.05, 0.1) is 29.1 Å². The maximum absolute atomic E-state index is 8.40. The second-order valence-corrected chi connectivity index (χ2v) is 14.0. The SMILES string of the molecule is [2H]c1c([2H])c([2H])c(-c2ccc(-c3ccc(-c4nc(-n5c6ccccc6c6ccc7ccc8c9ccccc9sc8c7c65)nc5ccccc45)cc3)cc2)c([2H])c1[2H]. The van der Waals surface area contributed by atoms with Crippen molar-refractivity contribution in [2.45, 2.75) is 0 Å². The lowest BCUT2D eigenvalue weighted by Gasteiger charge is -2.13. The third-order valence-corrected chi connectivity index (χ3v) is 11.3. The number of para-hydroxylation sites is 2. The summed E-state index contributed by atoms with van der Waals surface area (Å²) in [5.41, 5.74) is 7.45. The third kappa shape index (κ3) is 4.45. The highest BCUT2D eigenvalue weighted by molar-refractivity contribution is 7.26. The van der Waals surface area contributed by atoms with E-state index < -0.39 is 6.04 Å². The Labute approximate surface area is 310 Å². The van der Waals surface area contributed by atoms with Crippen LogP contribution in [-0.4, -0.2) is 14.5 Å². The minimum atomic E-state index is -0.397. The fourth-order valence-electron chi connectivity index (χ4n) is 7.68. The Hall–Kier alpha value is -6.62. The predicted octanol–water partition coefficient (Wildman–Crippen LogP) is 13.2. The maximum atomic E-state index is 8.40. The molecule has 0 aliphatic heterocycles. The Bertz CT molecular complexity index is 3430. The summed E-state index contributed by atoms with van der Waals surface area (Å²) in [6, 6.07) is 48.5. The van der Waals surface area contributed by atoms with E-state index in [0.717, 1.165) is 55.1 Å². The standard InChI is InChI=1S/C48H29N3S/c1-2-10-30(11-3-1)31-18-20-32(21-19-31)33-22-24-35(25-23-33)45-40-14-4-7-15-41(40)49-48(50-45)51-42-16-8-5-12-36(42)38-28-26-34-27-29-39-37-13-6-9-17-43(37)52-47(39)44(34)46(38)51/h1-29H/i1D,2D,3D,10D,11D. The van der Waals surface area contributed by atoms with E-state index in [1.807, 2.05) is 53.8 Å². The van der Waals surface area contributed by atoms with Crippen LogP contribution in [0.3, 0.4) is 0 Å². The molecule has 0 atom stereocenters. The molecule has 4 heteroatoms. The van der Waals surface area contributed by atoms with Crippen molar-refractivity contribution in [3.63, 3.8) is 0 Å². The molecule has 11 aromatic rings. The molecule has 0 amide bonds. The zero-order valence-corrected chi connectivity index (χ0v) is 28.4. The topological polar surface area (TPSA) is 30.7 Å². The van der Waals surface area contributed by atoms with Crippen molar-refractivity contribution in [1.29, 1.82) is 0 Å². The van der Waals surface area contributed by atoms with E-state index >= 15 is 0 Å². The number of hydrogen-bond acceptors (Lipinski definition) is 3. The lowest BCUT2D eigenvalue weighted by molar-refractivity contribution is 1.02. The van der Waals surface area contributed by atoms with Crippen molar-refractivity contribution in [1.82, 2.24) is 14.5 Å². The molecule has 242 valence electrons. The zero-order valence-electron chi connectivity index (χ0n) is 32.6. The van der Waals surface area contributed by atoms with Gasteiger partial charge < -0.3 is 0 Å². The van der Waals surface area contributed by atoms with Crippen LogP contribution in [0.4, 0.5) is 0 Å². The summed E-state index contributed by atoms with van der Waals surface area (Å²) in [6.07, 6.45) is 0. The van der Waals surface area contributed by atoms with Gasteiger partial charge in [0.25, 0.3) is 0 Å². The lowest BCUT2D eigenvalue weighted by atomic mass is 9.98. The Kier molecular flexibility index (Phi) is 5.40. The molecule has 0 unspecified atom stereocenters. The van der Waals surface area contributed by atoms with Crippen LogP contribution >= 0.6 is 11.3 Å². The Morgan fingerprint density at radius 2 is 1.10 bits per heavy atom. The van der Waals surface area contributed by atoms with Gasteiger partial charge in [-0.1, -0.05) is 158 Å². The molecule has 52 heavy (non-hydrogen) atoms. The first-order valence-electron chi connectivity index (χ1n) is 19.7. The van der Waals surface area contributed by atoms with Gasteiger partial charge in [0.15, 0.2) is 0 Å². The first-order chi connectivity index (χ1) is 27.9. The van der Waals surface area contributed by atoms with Crippen molar-refractivity contribution < 1.29 is 6.85 Å². The molecule has 0 spiro atoms. The van der Waals surface area contributed by atoms with Crippen LogP contribution in [0.15, 0.2) is 176 Å². The first-order valence-corrected chi connectivity index (χ1v) is 18.0. The van der Waals surface area contributed by atoms with Crippen LogP contribution in [-0.2, 0) is 0 Å². The molecule has 11 rings (SSSR count). The van der Waals surface area contributed by atoms with Gasteiger partial charge in [0, 0.05) is 47.3 Å². The van der Waals surface area contributed by atoms with E-state index in [1.165, 1.54) is 30.9 Å². The number of thiophene rings is 1. The summed E-state index contributed by atoms with van der Waals surface area (Å²) < 4.78 is 45.7. The number of hydrogen-bond donors (Lipinski definition) is 0. The molecular formula is C48H29N3S. The summed E-state index contributed by atoms with van der Waals surface area (Å²) in [4.78, 5) is 10.7. The third-order valence-electron chi connectivity index (χ3n) is 10.1. The minimum Gasteiger partial charge on any atom is -0.277 e. The highest BCUT2D eigenvalue weighted by atomic mass is 32.1. The molecule has 0 saturated carbocycles. The first kappa shape index (κ1) is 24.5. The second kappa shape index (κ2) is 11.5. The van der Waals surface area contributed by atoms with Gasteiger partial charge in [-0.25, -0.2) is 9.97 Å². The molecule has 0 N–H and O–H groups in total. The maximum Gasteiger partial charge on any atom is 0.235 e. The Balaban J connectivity index is 1.08. The van der Waals surface area contributed by atoms with Crippen LogP contribution in [0, 0.1) is 0 Å². The summed E-state index contributed by atoms with van der Waals surface area (Å²) in [6.45, 7) is 0. The van der Waals surface area contributed by atoms with Crippen molar-refractivity contribution in [3.05, 3.63) is 176 Å².